The number of carbonyl (C=O) groups is 1. The summed E-state index contributed by atoms with van der Waals surface area (Å²) in [6.07, 6.45) is 2.25. The summed E-state index contributed by atoms with van der Waals surface area (Å²) < 4.78 is 29.2. The number of piperazine rings is 1. The number of aromatic nitrogens is 4. The number of nitrogens with zero attached hydrogens (tertiary/aromatic N) is 7. The van der Waals surface area contributed by atoms with Crippen LogP contribution in [-0.2, 0) is 0 Å². The average molecular weight is 495 g/mol. The summed E-state index contributed by atoms with van der Waals surface area (Å²) in [4.78, 5) is 24.5. The Hall–Kier alpha value is -4.60. The van der Waals surface area contributed by atoms with Crippen molar-refractivity contribution in [3.63, 3.8) is 0 Å². The van der Waals surface area contributed by atoms with Gasteiger partial charge in [-0.1, -0.05) is 0 Å². The van der Waals surface area contributed by atoms with E-state index in [-0.39, 0.29) is 29.6 Å². The highest BCUT2D eigenvalue weighted by Crippen LogP contribution is 2.22. The number of rotatable bonds is 6. The molecule has 0 saturated carbocycles. The van der Waals surface area contributed by atoms with Crippen molar-refractivity contribution in [1.29, 1.82) is 10.7 Å². The predicted octanol–water partition coefficient (Wildman–Crippen LogP) is 2.44. The van der Waals surface area contributed by atoms with Gasteiger partial charge in [0.05, 0.1) is 29.6 Å². The second kappa shape index (κ2) is 10.3. The number of carbonyl (C=O) groups excluding carboxylic acids is 1. The quantitative estimate of drug-likeness (QED) is 0.445. The third-order valence-corrected chi connectivity index (χ3v) is 5.68. The van der Waals surface area contributed by atoms with Crippen LogP contribution in [0, 0.1) is 35.3 Å². The predicted molar refractivity (Wildman–Crippen MR) is 125 cm³/mol. The zero-order valence-corrected chi connectivity index (χ0v) is 19.3. The number of nitriles is 1. The normalized spacial score (nSPS) is 14.3. The molecule has 0 radical (unpaired) electrons. The Bertz CT molecular complexity index is 1330. The van der Waals surface area contributed by atoms with Crippen LogP contribution in [-0.4, -0.2) is 68.2 Å². The summed E-state index contributed by atoms with van der Waals surface area (Å²) in [7, 11) is 0. The van der Waals surface area contributed by atoms with Gasteiger partial charge in [0.15, 0.2) is 11.6 Å². The summed E-state index contributed by atoms with van der Waals surface area (Å²) in [5.41, 5.74) is 1.02. The minimum Gasteiger partial charge on any atom is -0.493 e. The maximum Gasteiger partial charge on any atom is 0.318 e. The molecule has 4 rings (SSSR count). The number of benzene rings is 1. The topological polar surface area (TPSA) is 147 Å². The number of nitrogens with one attached hydrogen (secondary N) is 2. The average Bonchev–Trinajstić information content (AvgIpc) is 3.21. The lowest BCUT2D eigenvalue weighted by molar-refractivity contribution is 0.190. The molecule has 0 spiro atoms. The largest absolute Gasteiger partial charge is 0.493 e. The highest BCUT2D eigenvalue weighted by atomic mass is 19.1. The molecular weight excluding hydrogens is 472 g/mol. The van der Waals surface area contributed by atoms with Gasteiger partial charge in [-0.2, -0.15) is 20.0 Å². The first-order valence-electron chi connectivity index (χ1n) is 11.1. The number of aromatic hydroxyl groups is 1. The van der Waals surface area contributed by atoms with Crippen LogP contribution >= 0.6 is 0 Å². The minimum atomic E-state index is -0.746. The first-order chi connectivity index (χ1) is 17.3. The lowest BCUT2D eigenvalue weighted by atomic mass is 10.0. The molecule has 3 heterocycles. The Kier molecular flexibility index (Phi) is 7.05. The molecule has 1 aliphatic rings. The van der Waals surface area contributed by atoms with Gasteiger partial charge in [-0.3, -0.25) is 0 Å². The van der Waals surface area contributed by atoms with Crippen molar-refractivity contribution < 1.29 is 18.7 Å². The van der Waals surface area contributed by atoms with E-state index in [4.69, 9.17) is 10.7 Å². The maximum absolute atomic E-state index is 14.3. The van der Waals surface area contributed by atoms with Crippen LogP contribution in [0.2, 0.25) is 0 Å². The third-order valence-electron chi connectivity index (χ3n) is 5.68. The SMILES string of the molecule is Cc1cc(O)n(-c2nc(N3CCN(C(=O)N[C@@H](CC=N)c4cc(F)cc(C#N)c4)CC3)ncc2F)n1. The summed E-state index contributed by atoms with van der Waals surface area (Å²) >= 11 is 0. The fraction of sp³-hybridized carbons (Fsp3) is 0.304. The van der Waals surface area contributed by atoms with Crippen LogP contribution in [0.15, 0.2) is 30.5 Å². The van der Waals surface area contributed by atoms with E-state index in [1.54, 1.807) is 16.7 Å². The Morgan fingerprint density at radius 1 is 1.28 bits per heavy atom. The van der Waals surface area contributed by atoms with E-state index in [0.717, 1.165) is 23.2 Å². The molecule has 36 heavy (non-hydrogen) atoms. The van der Waals surface area contributed by atoms with Crippen LogP contribution in [0.1, 0.15) is 29.3 Å². The number of anilines is 1. The Labute approximate surface area is 205 Å². The molecular formula is C23H23F2N9O2. The van der Waals surface area contributed by atoms with Crippen molar-refractivity contribution in [3.8, 4) is 17.8 Å². The molecule has 3 N–H and O–H groups in total. The summed E-state index contributed by atoms with van der Waals surface area (Å²) in [6, 6.07) is 6.01. The molecule has 0 aliphatic carbocycles. The maximum atomic E-state index is 14.3. The molecule has 1 aromatic carbocycles. The number of amides is 2. The number of urea groups is 1. The van der Waals surface area contributed by atoms with E-state index >= 15 is 0 Å². The lowest BCUT2D eigenvalue weighted by Crippen LogP contribution is -2.52. The van der Waals surface area contributed by atoms with Crippen LogP contribution < -0.4 is 10.2 Å². The molecule has 3 aromatic rings. The van der Waals surface area contributed by atoms with Crippen molar-refractivity contribution in [2.24, 2.45) is 0 Å². The molecule has 2 aromatic heterocycles. The van der Waals surface area contributed by atoms with Crippen molar-refractivity contribution in [2.75, 3.05) is 31.1 Å². The molecule has 13 heteroatoms. The van der Waals surface area contributed by atoms with Gasteiger partial charge in [0.25, 0.3) is 0 Å². The van der Waals surface area contributed by atoms with Crippen LogP contribution in [0.5, 0.6) is 5.88 Å². The first kappa shape index (κ1) is 24.5. The van der Waals surface area contributed by atoms with E-state index in [2.05, 4.69) is 20.4 Å². The van der Waals surface area contributed by atoms with E-state index in [1.165, 1.54) is 18.2 Å². The zero-order chi connectivity index (χ0) is 25.8. The molecule has 0 unspecified atom stereocenters. The first-order valence-corrected chi connectivity index (χ1v) is 11.1. The Balaban J connectivity index is 1.43. The molecule has 1 fully saturated rings. The molecule has 2 amide bonds. The Morgan fingerprint density at radius 2 is 2.03 bits per heavy atom. The van der Waals surface area contributed by atoms with E-state index in [0.29, 0.717) is 37.4 Å². The molecule has 1 aliphatic heterocycles. The second-order valence-electron chi connectivity index (χ2n) is 8.20. The number of aryl methyl sites for hydroxylation is 1. The second-order valence-corrected chi connectivity index (χ2v) is 8.20. The molecule has 0 bridgehead atoms. The fourth-order valence-electron chi connectivity index (χ4n) is 3.92. The van der Waals surface area contributed by atoms with Gasteiger partial charge in [0.1, 0.15) is 5.82 Å². The smallest absolute Gasteiger partial charge is 0.318 e. The van der Waals surface area contributed by atoms with Crippen LogP contribution in [0.4, 0.5) is 19.5 Å². The van der Waals surface area contributed by atoms with Crippen molar-refractivity contribution >= 4 is 18.2 Å². The molecule has 11 nitrogen and oxygen atoms in total. The number of hydrogen-bond donors (Lipinski definition) is 3. The van der Waals surface area contributed by atoms with Crippen molar-refractivity contribution in [1.82, 2.24) is 30.0 Å². The van der Waals surface area contributed by atoms with Crippen LogP contribution in [0.25, 0.3) is 5.82 Å². The summed E-state index contributed by atoms with van der Waals surface area (Å²) in [6.45, 7) is 2.98. The summed E-state index contributed by atoms with van der Waals surface area (Å²) in [5.74, 6) is -1.56. The highest BCUT2D eigenvalue weighted by molar-refractivity contribution is 5.75. The van der Waals surface area contributed by atoms with Gasteiger partial charge in [0.2, 0.25) is 11.8 Å². The van der Waals surface area contributed by atoms with E-state index in [9.17, 15) is 18.7 Å². The van der Waals surface area contributed by atoms with Crippen molar-refractivity contribution in [2.45, 2.75) is 19.4 Å². The van der Waals surface area contributed by atoms with Gasteiger partial charge in [-0.15, -0.1) is 0 Å². The van der Waals surface area contributed by atoms with E-state index < -0.39 is 23.7 Å². The minimum absolute atomic E-state index is 0.125. The number of hydrogen-bond acceptors (Lipinski definition) is 8. The lowest BCUT2D eigenvalue weighted by Gasteiger charge is -2.35. The highest BCUT2D eigenvalue weighted by Gasteiger charge is 2.26. The third kappa shape index (κ3) is 5.22. The van der Waals surface area contributed by atoms with Gasteiger partial charge in [-0.25, -0.2) is 18.6 Å². The number of halogens is 2. The molecule has 186 valence electrons. The van der Waals surface area contributed by atoms with Gasteiger partial charge < -0.3 is 25.6 Å². The van der Waals surface area contributed by atoms with Crippen molar-refractivity contribution in [3.05, 3.63) is 58.9 Å². The summed E-state index contributed by atoms with van der Waals surface area (Å²) in [5, 5.41) is 33.4. The van der Waals surface area contributed by atoms with Gasteiger partial charge in [0, 0.05) is 38.7 Å². The van der Waals surface area contributed by atoms with Gasteiger partial charge >= 0.3 is 6.03 Å². The molecule has 1 saturated heterocycles. The Morgan fingerprint density at radius 3 is 2.67 bits per heavy atom. The monoisotopic (exact) mass is 495 g/mol. The zero-order valence-electron chi connectivity index (χ0n) is 19.3. The van der Waals surface area contributed by atoms with Crippen LogP contribution in [0.3, 0.4) is 0 Å². The standard InChI is InChI=1S/C23H23F2N9O2/c1-14-8-20(35)34(31-14)21-18(25)13-28-22(30-21)32-4-6-33(7-5-32)23(36)29-19(2-3-26)16-9-15(12-27)10-17(24)11-16/h3,8-11,13,19,26,35H,2,4-7H2,1H3,(H,29,36)/t19-/m0/s1. The van der Waals surface area contributed by atoms with E-state index in [1.807, 2.05) is 6.07 Å². The molecule has 1 atom stereocenters. The fourth-order valence-corrected chi connectivity index (χ4v) is 3.92. The van der Waals surface area contributed by atoms with Gasteiger partial charge in [-0.05, 0) is 36.9 Å².